The average Bonchev–Trinajstić information content (AvgIpc) is 2.47. The van der Waals surface area contributed by atoms with Gasteiger partial charge in [-0.05, 0) is 30.3 Å². The molecule has 0 aliphatic rings. The molecule has 0 bridgehead atoms. The van der Waals surface area contributed by atoms with Gasteiger partial charge in [0.25, 0.3) is 0 Å². The number of aromatic carboxylic acids is 1. The van der Waals surface area contributed by atoms with Crippen LogP contribution in [-0.2, 0) is 0 Å². The lowest BCUT2D eigenvalue weighted by Gasteiger charge is -2.10. The molecule has 1 heterocycles. The molecule has 0 atom stereocenters. The number of carbonyl (C=O) groups is 1. The van der Waals surface area contributed by atoms with Crippen molar-refractivity contribution in [2.75, 3.05) is 0 Å². The molecule has 1 N–H and O–H groups in total. The molecule has 0 saturated heterocycles. The Morgan fingerprint density at radius 2 is 1.90 bits per heavy atom. The maximum atomic E-state index is 11.3. The van der Waals surface area contributed by atoms with Gasteiger partial charge in [-0.3, -0.25) is 0 Å². The van der Waals surface area contributed by atoms with Crippen molar-refractivity contribution in [1.29, 1.82) is 0 Å². The molecule has 0 fully saturated rings. The molecule has 0 radical (unpaired) electrons. The van der Waals surface area contributed by atoms with Crippen LogP contribution in [-0.4, -0.2) is 21.3 Å². The van der Waals surface area contributed by atoms with Crippen LogP contribution >= 0.6 is 11.6 Å². The summed E-state index contributed by atoms with van der Waals surface area (Å²) in [7, 11) is 0. The van der Waals surface area contributed by atoms with E-state index < -0.39 is 5.97 Å². The number of hydrogen-bond donors (Lipinski definition) is 1. The normalized spacial score (nSPS) is 10.5. The first-order valence-corrected chi connectivity index (χ1v) is 6.45. The molecule has 2 aromatic carbocycles. The van der Waals surface area contributed by atoms with Crippen LogP contribution in [0.1, 0.15) is 10.5 Å². The SMILES string of the molecule is O=C(O)c1nnc2ccccc2c1Oc1cccc(Cl)c1. The Morgan fingerprint density at radius 3 is 2.67 bits per heavy atom. The molecule has 104 valence electrons. The van der Waals surface area contributed by atoms with E-state index in [2.05, 4.69) is 10.2 Å². The van der Waals surface area contributed by atoms with Crippen LogP contribution < -0.4 is 4.74 Å². The Morgan fingerprint density at radius 1 is 1.10 bits per heavy atom. The van der Waals surface area contributed by atoms with E-state index in [0.29, 0.717) is 21.7 Å². The second kappa shape index (κ2) is 5.38. The summed E-state index contributed by atoms with van der Waals surface area (Å²) in [6.07, 6.45) is 0. The topological polar surface area (TPSA) is 72.3 Å². The van der Waals surface area contributed by atoms with Crippen molar-refractivity contribution in [3.8, 4) is 11.5 Å². The lowest BCUT2D eigenvalue weighted by atomic mass is 10.2. The quantitative estimate of drug-likeness (QED) is 0.797. The molecule has 6 heteroatoms. The number of halogens is 1. The van der Waals surface area contributed by atoms with Crippen LogP contribution in [0.5, 0.6) is 11.5 Å². The van der Waals surface area contributed by atoms with Crippen LogP contribution in [0, 0.1) is 0 Å². The van der Waals surface area contributed by atoms with Crippen LogP contribution in [0.3, 0.4) is 0 Å². The van der Waals surface area contributed by atoms with E-state index in [1.54, 1.807) is 48.5 Å². The maximum absolute atomic E-state index is 11.3. The van der Waals surface area contributed by atoms with E-state index in [4.69, 9.17) is 16.3 Å². The van der Waals surface area contributed by atoms with Gasteiger partial charge in [0.15, 0.2) is 5.75 Å². The van der Waals surface area contributed by atoms with Crippen molar-refractivity contribution in [3.63, 3.8) is 0 Å². The third-order valence-corrected chi connectivity index (χ3v) is 3.08. The van der Waals surface area contributed by atoms with Gasteiger partial charge in [0.05, 0.1) is 5.52 Å². The summed E-state index contributed by atoms with van der Waals surface area (Å²) in [5.41, 5.74) is 0.313. The van der Waals surface area contributed by atoms with E-state index >= 15 is 0 Å². The molecule has 0 unspecified atom stereocenters. The van der Waals surface area contributed by atoms with Gasteiger partial charge in [-0.1, -0.05) is 29.8 Å². The second-order valence-electron chi connectivity index (χ2n) is 4.26. The Labute approximate surface area is 124 Å². The number of benzene rings is 2. The number of carboxylic acid groups (broad SMARTS) is 1. The molecule has 3 rings (SSSR count). The smallest absolute Gasteiger partial charge is 0.360 e. The van der Waals surface area contributed by atoms with Gasteiger partial charge >= 0.3 is 5.97 Å². The first kappa shape index (κ1) is 13.3. The number of nitrogens with zero attached hydrogens (tertiary/aromatic N) is 2. The molecule has 0 aliphatic carbocycles. The standard InChI is InChI=1S/C15H9ClN2O3/c16-9-4-3-5-10(8-9)21-14-11-6-1-2-7-12(11)17-18-13(14)15(19)20/h1-8H,(H,19,20). The Kier molecular flexibility index (Phi) is 3.41. The van der Waals surface area contributed by atoms with Crippen molar-refractivity contribution in [1.82, 2.24) is 10.2 Å². The van der Waals surface area contributed by atoms with Gasteiger partial charge in [-0.25, -0.2) is 4.79 Å². The van der Waals surface area contributed by atoms with Crippen LogP contribution in [0.4, 0.5) is 0 Å². The fourth-order valence-electron chi connectivity index (χ4n) is 1.92. The highest BCUT2D eigenvalue weighted by Crippen LogP contribution is 2.32. The average molecular weight is 301 g/mol. The van der Waals surface area contributed by atoms with Crippen molar-refractivity contribution in [3.05, 3.63) is 59.2 Å². The second-order valence-corrected chi connectivity index (χ2v) is 4.70. The first-order valence-electron chi connectivity index (χ1n) is 6.07. The minimum Gasteiger partial charge on any atom is -0.476 e. The van der Waals surface area contributed by atoms with Crippen molar-refractivity contribution in [2.45, 2.75) is 0 Å². The zero-order valence-corrected chi connectivity index (χ0v) is 11.4. The largest absolute Gasteiger partial charge is 0.476 e. The van der Waals surface area contributed by atoms with Crippen molar-refractivity contribution in [2.24, 2.45) is 0 Å². The van der Waals surface area contributed by atoms with Gasteiger partial charge in [0, 0.05) is 10.4 Å². The number of hydrogen-bond acceptors (Lipinski definition) is 4. The van der Waals surface area contributed by atoms with Gasteiger partial charge in [0.1, 0.15) is 5.75 Å². The first-order chi connectivity index (χ1) is 10.1. The summed E-state index contributed by atoms with van der Waals surface area (Å²) in [5, 5.41) is 17.9. The highest BCUT2D eigenvalue weighted by Gasteiger charge is 2.18. The molecular formula is C15H9ClN2O3. The highest BCUT2D eigenvalue weighted by atomic mass is 35.5. The summed E-state index contributed by atoms with van der Waals surface area (Å²) >= 11 is 5.91. The predicted octanol–water partition coefficient (Wildman–Crippen LogP) is 3.77. The van der Waals surface area contributed by atoms with Crippen molar-refractivity contribution < 1.29 is 14.6 Å². The van der Waals surface area contributed by atoms with Crippen molar-refractivity contribution >= 4 is 28.5 Å². The summed E-state index contributed by atoms with van der Waals surface area (Å²) in [4.78, 5) is 11.3. The number of fused-ring (bicyclic) bond motifs is 1. The monoisotopic (exact) mass is 300 g/mol. The maximum Gasteiger partial charge on any atom is 0.360 e. The summed E-state index contributed by atoms with van der Waals surface area (Å²) in [5.74, 6) is -0.621. The van der Waals surface area contributed by atoms with E-state index in [9.17, 15) is 9.90 Å². The highest BCUT2D eigenvalue weighted by molar-refractivity contribution is 6.30. The number of rotatable bonds is 3. The van der Waals surface area contributed by atoms with Gasteiger partial charge in [0.2, 0.25) is 5.69 Å². The van der Waals surface area contributed by atoms with E-state index in [1.165, 1.54) is 0 Å². The fourth-order valence-corrected chi connectivity index (χ4v) is 2.10. The molecule has 0 amide bonds. The molecule has 21 heavy (non-hydrogen) atoms. The summed E-state index contributed by atoms with van der Waals surface area (Å²) in [6.45, 7) is 0. The molecular weight excluding hydrogens is 292 g/mol. The zero-order chi connectivity index (χ0) is 14.8. The molecule has 1 aromatic heterocycles. The molecule has 0 aliphatic heterocycles. The van der Waals surface area contributed by atoms with E-state index in [1.807, 2.05) is 0 Å². The van der Waals surface area contributed by atoms with E-state index in [0.717, 1.165) is 0 Å². The number of carboxylic acids is 1. The lowest BCUT2D eigenvalue weighted by molar-refractivity contribution is 0.0686. The minimum absolute atomic E-state index is 0.148. The number of ether oxygens (including phenoxy) is 1. The molecule has 3 aromatic rings. The molecule has 5 nitrogen and oxygen atoms in total. The van der Waals surface area contributed by atoms with Crippen LogP contribution in [0.25, 0.3) is 10.9 Å². The Balaban J connectivity index is 2.18. The Bertz CT molecular complexity index is 836. The van der Waals surface area contributed by atoms with Gasteiger partial charge in [-0.15, -0.1) is 10.2 Å². The predicted molar refractivity (Wildman–Crippen MR) is 78.0 cm³/mol. The molecule has 0 spiro atoms. The Hall–Kier alpha value is -2.66. The van der Waals surface area contributed by atoms with Crippen LogP contribution in [0.15, 0.2) is 48.5 Å². The van der Waals surface area contributed by atoms with Gasteiger partial charge in [-0.2, -0.15) is 0 Å². The third kappa shape index (κ3) is 2.64. The van der Waals surface area contributed by atoms with Gasteiger partial charge < -0.3 is 9.84 Å². The minimum atomic E-state index is -1.20. The fraction of sp³-hybridized carbons (Fsp3) is 0. The molecule has 0 saturated carbocycles. The third-order valence-electron chi connectivity index (χ3n) is 2.84. The lowest BCUT2D eigenvalue weighted by Crippen LogP contribution is -2.05. The summed E-state index contributed by atoms with van der Waals surface area (Å²) < 4.78 is 5.70. The number of aromatic nitrogens is 2. The summed E-state index contributed by atoms with van der Waals surface area (Å²) in [6, 6.07) is 13.7. The van der Waals surface area contributed by atoms with Crippen LogP contribution in [0.2, 0.25) is 5.02 Å². The zero-order valence-electron chi connectivity index (χ0n) is 10.7. The van der Waals surface area contributed by atoms with E-state index in [-0.39, 0.29) is 11.4 Å².